The van der Waals surface area contributed by atoms with Crippen molar-refractivity contribution in [3.63, 3.8) is 0 Å². The molecule has 0 aromatic rings. The summed E-state index contributed by atoms with van der Waals surface area (Å²) in [6.07, 6.45) is 1.41. The third-order valence-corrected chi connectivity index (χ3v) is 4.58. The second kappa shape index (κ2) is 11.9. The first-order valence-electron chi connectivity index (χ1n) is 4.85. The lowest BCUT2D eigenvalue weighted by Gasteiger charge is -2.02. The minimum atomic E-state index is -0.139. The van der Waals surface area contributed by atoms with Crippen LogP contribution in [0.4, 0.5) is 0 Å². The summed E-state index contributed by atoms with van der Waals surface area (Å²) in [5.74, 6) is 1.86. The smallest absolute Gasteiger partial charge is 0.234 e. The molecule has 7 heteroatoms. The van der Waals surface area contributed by atoms with E-state index in [0.29, 0.717) is 13.0 Å². The van der Waals surface area contributed by atoms with Gasteiger partial charge in [-0.25, -0.2) is 0 Å². The largest absolute Gasteiger partial charge is 0.354 e. The Morgan fingerprint density at radius 3 is 2.38 bits per heavy atom. The van der Waals surface area contributed by atoms with Crippen LogP contribution in [-0.4, -0.2) is 41.5 Å². The number of nitrogens with one attached hydrogen (secondary N) is 1. The van der Waals surface area contributed by atoms with Crippen LogP contribution in [0.25, 0.3) is 0 Å². The number of alkyl halides is 2. The lowest BCUT2D eigenvalue weighted by Crippen LogP contribution is -2.26. The third-order valence-electron chi connectivity index (χ3n) is 1.54. The van der Waals surface area contributed by atoms with E-state index in [1.54, 1.807) is 21.6 Å². The van der Waals surface area contributed by atoms with Gasteiger partial charge >= 0.3 is 0 Å². The van der Waals surface area contributed by atoms with Gasteiger partial charge in [0, 0.05) is 24.5 Å². The maximum atomic E-state index is 10.8. The summed E-state index contributed by atoms with van der Waals surface area (Å²) in [6, 6.07) is 0. The predicted molar refractivity (Wildman–Crippen MR) is 73.6 cm³/mol. The molecule has 0 saturated heterocycles. The van der Waals surface area contributed by atoms with E-state index in [0.717, 1.165) is 17.9 Å². The fourth-order valence-corrected chi connectivity index (χ4v) is 3.01. The zero-order valence-corrected chi connectivity index (χ0v) is 12.0. The molecule has 0 aromatic heterocycles. The molecule has 0 aliphatic rings. The average Bonchev–Trinajstić information content (AvgIpc) is 2.31. The molecule has 0 heterocycles. The Balaban J connectivity index is 3.10. The number of ketones is 1. The summed E-state index contributed by atoms with van der Waals surface area (Å²) in [6.45, 7) is 0.629. The monoisotopic (exact) mass is 303 g/mol. The SMILES string of the molecule is O=C(CCl)CCCSSCCNC(=O)CCl. The van der Waals surface area contributed by atoms with Crippen LogP contribution in [0.1, 0.15) is 12.8 Å². The normalized spacial score (nSPS) is 10.1. The molecule has 0 spiro atoms. The van der Waals surface area contributed by atoms with Gasteiger partial charge in [-0.2, -0.15) is 0 Å². The summed E-state index contributed by atoms with van der Waals surface area (Å²) in [5.41, 5.74) is 0. The van der Waals surface area contributed by atoms with E-state index in [1.165, 1.54) is 0 Å². The van der Waals surface area contributed by atoms with Gasteiger partial charge in [-0.05, 0) is 6.42 Å². The van der Waals surface area contributed by atoms with Crippen molar-refractivity contribution in [1.82, 2.24) is 5.32 Å². The lowest BCUT2D eigenvalue weighted by molar-refractivity contribution is -0.118. The highest BCUT2D eigenvalue weighted by Crippen LogP contribution is 2.21. The second-order valence-corrected chi connectivity index (χ2v) is 6.14. The quantitative estimate of drug-likeness (QED) is 0.382. The van der Waals surface area contributed by atoms with Gasteiger partial charge in [0.15, 0.2) is 0 Å². The first-order valence-corrected chi connectivity index (χ1v) is 8.41. The summed E-state index contributed by atoms with van der Waals surface area (Å²) >= 11 is 10.7. The van der Waals surface area contributed by atoms with Crippen LogP contribution in [0.2, 0.25) is 0 Å². The van der Waals surface area contributed by atoms with Crippen LogP contribution in [0.15, 0.2) is 0 Å². The zero-order valence-electron chi connectivity index (χ0n) is 8.84. The average molecular weight is 304 g/mol. The van der Waals surface area contributed by atoms with Crippen molar-refractivity contribution in [3.05, 3.63) is 0 Å². The summed E-state index contributed by atoms with van der Waals surface area (Å²) in [7, 11) is 3.38. The Hall–Kier alpha value is 0.420. The number of rotatable bonds is 10. The maximum absolute atomic E-state index is 10.8. The Morgan fingerprint density at radius 1 is 1.06 bits per heavy atom. The molecule has 0 bridgehead atoms. The molecule has 16 heavy (non-hydrogen) atoms. The molecule has 0 unspecified atom stereocenters. The minimum absolute atomic E-state index is 0.0122. The van der Waals surface area contributed by atoms with E-state index in [9.17, 15) is 9.59 Å². The minimum Gasteiger partial charge on any atom is -0.354 e. The van der Waals surface area contributed by atoms with Crippen LogP contribution in [-0.2, 0) is 9.59 Å². The molecule has 1 N–H and O–H groups in total. The second-order valence-electron chi connectivity index (χ2n) is 2.90. The van der Waals surface area contributed by atoms with E-state index in [1.807, 2.05) is 0 Å². The molecular weight excluding hydrogens is 289 g/mol. The summed E-state index contributed by atoms with van der Waals surface area (Å²) < 4.78 is 0. The molecule has 94 valence electrons. The van der Waals surface area contributed by atoms with E-state index < -0.39 is 0 Å². The van der Waals surface area contributed by atoms with Gasteiger partial charge < -0.3 is 5.32 Å². The van der Waals surface area contributed by atoms with Gasteiger partial charge in [0.25, 0.3) is 0 Å². The van der Waals surface area contributed by atoms with Crippen LogP contribution >= 0.6 is 44.8 Å². The van der Waals surface area contributed by atoms with Gasteiger partial charge in [-0.15, -0.1) is 23.2 Å². The van der Waals surface area contributed by atoms with E-state index >= 15 is 0 Å². The number of halogens is 2. The van der Waals surface area contributed by atoms with Gasteiger partial charge in [0.1, 0.15) is 11.7 Å². The van der Waals surface area contributed by atoms with Gasteiger partial charge in [-0.1, -0.05) is 21.6 Å². The summed E-state index contributed by atoms with van der Waals surface area (Å²) in [4.78, 5) is 21.6. The number of carbonyl (C=O) groups is 2. The highest BCUT2D eigenvalue weighted by molar-refractivity contribution is 8.76. The molecule has 0 fully saturated rings. The fraction of sp³-hybridized carbons (Fsp3) is 0.778. The van der Waals surface area contributed by atoms with Crippen molar-refractivity contribution >= 4 is 56.5 Å². The van der Waals surface area contributed by atoms with Crippen molar-refractivity contribution in [1.29, 1.82) is 0 Å². The highest BCUT2D eigenvalue weighted by Gasteiger charge is 1.99. The summed E-state index contributed by atoms with van der Waals surface area (Å²) in [5, 5.41) is 2.67. The highest BCUT2D eigenvalue weighted by atomic mass is 35.5. The van der Waals surface area contributed by atoms with Crippen LogP contribution in [0.5, 0.6) is 0 Å². The Labute approximate surface area is 114 Å². The fourth-order valence-electron chi connectivity index (χ4n) is 0.792. The molecule has 0 rings (SSSR count). The molecule has 0 aromatic carbocycles. The first kappa shape index (κ1) is 16.4. The van der Waals surface area contributed by atoms with Crippen molar-refractivity contribution in [2.45, 2.75) is 12.8 Å². The number of hydrogen-bond donors (Lipinski definition) is 1. The number of amides is 1. The number of hydrogen-bond acceptors (Lipinski definition) is 4. The van der Waals surface area contributed by atoms with Crippen molar-refractivity contribution in [2.75, 3.05) is 29.8 Å². The molecule has 1 amide bonds. The van der Waals surface area contributed by atoms with Crippen LogP contribution in [0, 0.1) is 0 Å². The van der Waals surface area contributed by atoms with Crippen LogP contribution < -0.4 is 5.32 Å². The van der Waals surface area contributed by atoms with Crippen molar-refractivity contribution in [2.24, 2.45) is 0 Å². The topological polar surface area (TPSA) is 46.2 Å². The van der Waals surface area contributed by atoms with Crippen molar-refractivity contribution < 1.29 is 9.59 Å². The molecule has 0 aliphatic carbocycles. The maximum Gasteiger partial charge on any atom is 0.234 e. The van der Waals surface area contributed by atoms with Gasteiger partial charge in [0.05, 0.1) is 5.88 Å². The predicted octanol–water partition coefficient (Wildman–Crippen LogP) is 2.31. The van der Waals surface area contributed by atoms with E-state index in [2.05, 4.69) is 5.32 Å². The van der Waals surface area contributed by atoms with Crippen LogP contribution in [0.3, 0.4) is 0 Å². The Bertz CT molecular complexity index is 196. The third kappa shape index (κ3) is 10.9. The Morgan fingerprint density at radius 2 is 1.75 bits per heavy atom. The molecular formula is C9H15Cl2NO2S2. The Kier molecular flexibility index (Phi) is 12.2. The van der Waals surface area contributed by atoms with E-state index in [4.69, 9.17) is 23.2 Å². The zero-order chi connectivity index (χ0) is 12.2. The number of carbonyl (C=O) groups excluding carboxylic acids is 2. The lowest BCUT2D eigenvalue weighted by atomic mass is 10.2. The molecule has 0 saturated carbocycles. The standard InChI is InChI=1S/C9H15Cl2NO2S2/c10-6-8(13)2-1-4-15-16-5-3-12-9(14)7-11/h1-7H2,(H,12,14). The first-order chi connectivity index (χ1) is 7.70. The van der Waals surface area contributed by atoms with Gasteiger partial charge in [0.2, 0.25) is 5.91 Å². The van der Waals surface area contributed by atoms with E-state index in [-0.39, 0.29) is 23.5 Å². The van der Waals surface area contributed by atoms with Gasteiger partial charge in [-0.3, -0.25) is 9.59 Å². The molecule has 0 aliphatic heterocycles. The molecule has 0 atom stereocenters. The number of Topliss-reactive ketones (excluding diaryl/α,β-unsaturated/α-hetero) is 1. The molecule has 3 nitrogen and oxygen atoms in total. The van der Waals surface area contributed by atoms with Crippen molar-refractivity contribution in [3.8, 4) is 0 Å². The molecule has 0 radical (unpaired) electrons.